The first-order valence-electron chi connectivity index (χ1n) is 5.95. The van der Waals surface area contributed by atoms with E-state index in [1.54, 1.807) is 23.1 Å². The zero-order valence-corrected chi connectivity index (χ0v) is 9.89. The second-order valence-corrected chi connectivity index (χ2v) is 4.30. The van der Waals surface area contributed by atoms with E-state index in [1.807, 2.05) is 18.2 Å². The lowest BCUT2D eigenvalue weighted by Crippen LogP contribution is -2.19. The van der Waals surface area contributed by atoms with Gasteiger partial charge in [0.25, 0.3) is 0 Å². The van der Waals surface area contributed by atoms with E-state index in [1.165, 1.54) is 11.3 Å². The van der Waals surface area contributed by atoms with E-state index in [9.17, 15) is 4.79 Å². The molecule has 0 aliphatic carbocycles. The Balaban J connectivity index is 1.67. The lowest BCUT2D eigenvalue weighted by atomic mass is 10.1. The summed E-state index contributed by atoms with van der Waals surface area (Å²) < 4.78 is 1.60. The molecular weight excluding hydrogens is 228 g/mol. The molecule has 1 aromatic heterocycles. The van der Waals surface area contributed by atoms with Gasteiger partial charge in [0.2, 0.25) is 5.91 Å². The number of benzene rings is 1. The number of nitrogens with zero attached hydrogens (tertiary/aromatic N) is 2. The van der Waals surface area contributed by atoms with Crippen LogP contribution in [-0.4, -0.2) is 22.2 Å². The fraction of sp³-hybridized carbons (Fsp3) is 0.231. The molecule has 5 heteroatoms. The van der Waals surface area contributed by atoms with Gasteiger partial charge in [-0.05, 0) is 36.2 Å². The Hall–Kier alpha value is -2.30. The number of amides is 1. The molecular formula is C13H14N4O. The molecule has 1 aliphatic heterocycles. The summed E-state index contributed by atoms with van der Waals surface area (Å²) in [6, 6.07) is 7.74. The van der Waals surface area contributed by atoms with Crippen molar-refractivity contribution in [2.24, 2.45) is 0 Å². The van der Waals surface area contributed by atoms with Crippen molar-refractivity contribution in [2.45, 2.75) is 13.0 Å². The number of hydrogen-bond donors (Lipinski definition) is 2. The Bertz CT molecular complexity index is 562. The van der Waals surface area contributed by atoms with Gasteiger partial charge < -0.3 is 10.6 Å². The van der Waals surface area contributed by atoms with Gasteiger partial charge in [-0.15, -0.1) is 0 Å². The van der Waals surface area contributed by atoms with Crippen molar-refractivity contribution in [2.75, 3.05) is 17.2 Å². The van der Waals surface area contributed by atoms with E-state index in [4.69, 9.17) is 0 Å². The third kappa shape index (κ3) is 2.20. The van der Waals surface area contributed by atoms with Gasteiger partial charge in [0, 0.05) is 30.3 Å². The first kappa shape index (κ1) is 10.8. The van der Waals surface area contributed by atoms with Crippen LogP contribution in [0.2, 0.25) is 0 Å². The summed E-state index contributed by atoms with van der Waals surface area (Å²) in [6.45, 7) is 1.21. The molecule has 0 saturated carbocycles. The number of aromatic nitrogens is 2. The number of fused-ring (bicyclic) bond motifs is 1. The van der Waals surface area contributed by atoms with Crippen LogP contribution in [0.4, 0.5) is 11.4 Å². The van der Waals surface area contributed by atoms with E-state index in [2.05, 4.69) is 15.7 Å². The predicted octanol–water partition coefficient (Wildman–Crippen LogP) is 1.49. The summed E-state index contributed by atoms with van der Waals surface area (Å²) >= 11 is 0. The Morgan fingerprint density at radius 2 is 2.44 bits per heavy atom. The third-order valence-corrected chi connectivity index (χ3v) is 2.96. The van der Waals surface area contributed by atoms with Gasteiger partial charge in [0.1, 0.15) is 6.54 Å². The smallest absolute Gasteiger partial charge is 0.246 e. The molecule has 0 bridgehead atoms. The SMILES string of the molecule is O=C(Cn1cccn1)Nc1ccc2c(c1)CCN2. The summed E-state index contributed by atoms with van der Waals surface area (Å²) in [5.74, 6) is -0.0652. The van der Waals surface area contributed by atoms with Crippen LogP contribution in [0.25, 0.3) is 0 Å². The Morgan fingerprint density at radius 1 is 1.50 bits per heavy atom. The monoisotopic (exact) mass is 242 g/mol. The normalized spacial score (nSPS) is 12.9. The van der Waals surface area contributed by atoms with Gasteiger partial charge in [0.05, 0.1) is 0 Å². The number of carbonyl (C=O) groups is 1. The highest BCUT2D eigenvalue weighted by atomic mass is 16.2. The van der Waals surface area contributed by atoms with E-state index >= 15 is 0 Å². The van der Waals surface area contributed by atoms with Crippen LogP contribution in [0.1, 0.15) is 5.56 Å². The third-order valence-electron chi connectivity index (χ3n) is 2.96. The number of carbonyl (C=O) groups excluding carboxylic acids is 1. The van der Waals surface area contributed by atoms with Gasteiger partial charge in [-0.25, -0.2) is 0 Å². The van der Waals surface area contributed by atoms with Crippen molar-refractivity contribution in [3.8, 4) is 0 Å². The van der Waals surface area contributed by atoms with Crippen molar-refractivity contribution in [1.82, 2.24) is 9.78 Å². The molecule has 0 radical (unpaired) electrons. The van der Waals surface area contributed by atoms with Crippen LogP contribution in [-0.2, 0) is 17.8 Å². The Morgan fingerprint density at radius 3 is 3.28 bits per heavy atom. The average molecular weight is 242 g/mol. The van der Waals surface area contributed by atoms with Gasteiger partial charge in [-0.1, -0.05) is 0 Å². The molecule has 0 unspecified atom stereocenters. The summed E-state index contributed by atoms with van der Waals surface area (Å²) in [6.07, 6.45) is 4.44. The summed E-state index contributed by atoms with van der Waals surface area (Å²) in [7, 11) is 0. The summed E-state index contributed by atoms with van der Waals surface area (Å²) in [5.41, 5.74) is 3.27. The minimum atomic E-state index is -0.0652. The Labute approximate surface area is 105 Å². The highest BCUT2D eigenvalue weighted by Crippen LogP contribution is 2.25. The van der Waals surface area contributed by atoms with Crippen LogP contribution < -0.4 is 10.6 Å². The predicted molar refractivity (Wildman–Crippen MR) is 69.5 cm³/mol. The topological polar surface area (TPSA) is 59.0 Å². The van der Waals surface area contributed by atoms with Gasteiger partial charge >= 0.3 is 0 Å². The highest BCUT2D eigenvalue weighted by molar-refractivity contribution is 5.91. The quantitative estimate of drug-likeness (QED) is 0.857. The lowest BCUT2D eigenvalue weighted by molar-refractivity contribution is -0.116. The molecule has 18 heavy (non-hydrogen) atoms. The minimum Gasteiger partial charge on any atom is -0.384 e. The summed E-state index contributed by atoms with van der Waals surface area (Å²) in [5, 5.41) is 10.2. The molecule has 3 rings (SSSR count). The maximum Gasteiger partial charge on any atom is 0.246 e. The van der Waals surface area contributed by atoms with Crippen LogP contribution in [0.5, 0.6) is 0 Å². The maximum absolute atomic E-state index is 11.8. The molecule has 5 nitrogen and oxygen atoms in total. The fourth-order valence-electron chi connectivity index (χ4n) is 2.12. The van der Waals surface area contributed by atoms with E-state index < -0.39 is 0 Å². The zero-order valence-electron chi connectivity index (χ0n) is 9.89. The minimum absolute atomic E-state index is 0.0652. The molecule has 2 heterocycles. The molecule has 1 aliphatic rings. The molecule has 2 N–H and O–H groups in total. The van der Waals surface area contributed by atoms with Crippen molar-refractivity contribution >= 4 is 17.3 Å². The van der Waals surface area contributed by atoms with Crippen LogP contribution in [0.15, 0.2) is 36.7 Å². The highest BCUT2D eigenvalue weighted by Gasteiger charge is 2.11. The van der Waals surface area contributed by atoms with Crippen molar-refractivity contribution in [3.05, 3.63) is 42.2 Å². The molecule has 1 aromatic carbocycles. The standard InChI is InChI=1S/C13H14N4O/c18-13(9-17-7-1-5-15-17)16-11-2-3-12-10(8-11)4-6-14-12/h1-3,5,7-8,14H,4,6,9H2,(H,16,18). The number of rotatable bonds is 3. The van der Waals surface area contributed by atoms with Gasteiger partial charge in [0.15, 0.2) is 0 Å². The number of hydrogen-bond acceptors (Lipinski definition) is 3. The van der Waals surface area contributed by atoms with Crippen molar-refractivity contribution < 1.29 is 4.79 Å². The van der Waals surface area contributed by atoms with Gasteiger partial charge in [-0.2, -0.15) is 5.10 Å². The van der Waals surface area contributed by atoms with E-state index in [-0.39, 0.29) is 12.5 Å². The lowest BCUT2D eigenvalue weighted by Gasteiger charge is -2.07. The molecule has 92 valence electrons. The molecule has 1 amide bonds. The summed E-state index contributed by atoms with van der Waals surface area (Å²) in [4.78, 5) is 11.8. The molecule has 0 spiro atoms. The molecule has 0 fully saturated rings. The van der Waals surface area contributed by atoms with Crippen molar-refractivity contribution in [3.63, 3.8) is 0 Å². The number of nitrogens with one attached hydrogen (secondary N) is 2. The second-order valence-electron chi connectivity index (χ2n) is 4.30. The largest absolute Gasteiger partial charge is 0.384 e. The van der Waals surface area contributed by atoms with E-state index in [0.717, 1.165) is 18.7 Å². The van der Waals surface area contributed by atoms with Gasteiger partial charge in [-0.3, -0.25) is 9.48 Å². The average Bonchev–Trinajstić information content (AvgIpc) is 2.98. The molecule has 2 aromatic rings. The van der Waals surface area contributed by atoms with Crippen LogP contribution in [0, 0.1) is 0 Å². The second kappa shape index (κ2) is 4.52. The maximum atomic E-state index is 11.8. The number of anilines is 2. The zero-order chi connectivity index (χ0) is 12.4. The fourth-order valence-corrected chi connectivity index (χ4v) is 2.12. The first-order valence-corrected chi connectivity index (χ1v) is 5.95. The van der Waals surface area contributed by atoms with Crippen LogP contribution in [0.3, 0.4) is 0 Å². The van der Waals surface area contributed by atoms with E-state index in [0.29, 0.717) is 0 Å². The molecule has 0 saturated heterocycles. The first-order chi connectivity index (χ1) is 8.81. The van der Waals surface area contributed by atoms with Crippen LogP contribution >= 0.6 is 0 Å². The molecule has 0 atom stereocenters. The van der Waals surface area contributed by atoms with Crippen molar-refractivity contribution in [1.29, 1.82) is 0 Å². The Kier molecular flexibility index (Phi) is 2.72.